The molecule has 0 saturated carbocycles. The fraction of sp³-hybridized carbons (Fsp3) is 0.231. The van der Waals surface area contributed by atoms with Crippen LogP contribution in [-0.4, -0.2) is 31.6 Å². The van der Waals surface area contributed by atoms with E-state index in [0.29, 0.717) is 29.4 Å². The van der Waals surface area contributed by atoms with Crippen LogP contribution < -0.4 is 19.7 Å². The molecule has 4 rings (SSSR count). The molecule has 1 amide bonds. The highest BCUT2D eigenvalue weighted by molar-refractivity contribution is 5.86. The SMILES string of the molecule is C[C@H]1O[C@H](COc2ccc(NC(=O)Oc3ccccc3)cc2)CN1c1ccc(C#N)c(C(F)(F)F)c1. The van der Waals surface area contributed by atoms with Gasteiger partial charge in [-0.05, 0) is 61.5 Å². The third kappa shape index (κ3) is 6.06. The fourth-order valence-corrected chi connectivity index (χ4v) is 3.78. The minimum atomic E-state index is -4.63. The zero-order valence-electron chi connectivity index (χ0n) is 19.2. The summed E-state index contributed by atoms with van der Waals surface area (Å²) in [5.41, 5.74) is -0.573. The van der Waals surface area contributed by atoms with Crippen LogP contribution in [0.5, 0.6) is 11.5 Å². The second-order valence-electron chi connectivity index (χ2n) is 8.01. The van der Waals surface area contributed by atoms with Gasteiger partial charge in [0.05, 0.1) is 23.7 Å². The number of carbonyl (C=O) groups is 1. The van der Waals surface area contributed by atoms with Gasteiger partial charge in [0.15, 0.2) is 0 Å². The Morgan fingerprint density at radius 2 is 1.83 bits per heavy atom. The molecule has 186 valence electrons. The third-order valence-corrected chi connectivity index (χ3v) is 5.48. The van der Waals surface area contributed by atoms with Crippen molar-refractivity contribution in [1.29, 1.82) is 5.26 Å². The van der Waals surface area contributed by atoms with Gasteiger partial charge in [0.2, 0.25) is 0 Å². The van der Waals surface area contributed by atoms with Crippen molar-refractivity contribution < 1.29 is 32.2 Å². The van der Waals surface area contributed by atoms with Crippen LogP contribution in [0.15, 0.2) is 72.8 Å². The van der Waals surface area contributed by atoms with E-state index in [1.807, 2.05) is 6.07 Å². The predicted octanol–water partition coefficient (Wildman–Crippen LogP) is 5.82. The lowest BCUT2D eigenvalue weighted by atomic mass is 10.1. The predicted molar refractivity (Wildman–Crippen MR) is 126 cm³/mol. The number of nitrogens with one attached hydrogen (secondary N) is 1. The van der Waals surface area contributed by atoms with Crippen LogP contribution in [0.2, 0.25) is 0 Å². The molecule has 0 aliphatic carbocycles. The van der Waals surface area contributed by atoms with Gasteiger partial charge in [-0.25, -0.2) is 4.79 Å². The van der Waals surface area contributed by atoms with E-state index in [0.717, 1.165) is 6.07 Å². The zero-order valence-corrected chi connectivity index (χ0v) is 19.2. The van der Waals surface area contributed by atoms with Crippen molar-refractivity contribution in [2.75, 3.05) is 23.4 Å². The molecule has 10 heteroatoms. The molecular weight excluding hydrogens is 475 g/mol. The summed E-state index contributed by atoms with van der Waals surface area (Å²) in [7, 11) is 0. The molecule has 36 heavy (non-hydrogen) atoms. The molecule has 0 radical (unpaired) electrons. The number of nitriles is 1. The van der Waals surface area contributed by atoms with E-state index in [1.54, 1.807) is 66.4 Å². The van der Waals surface area contributed by atoms with Gasteiger partial charge in [0.1, 0.15) is 30.4 Å². The van der Waals surface area contributed by atoms with Crippen LogP contribution >= 0.6 is 0 Å². The zero-order chi connectivity index (χ0) is 25.7. The number of rotatable bonds is 6. The van der Waals surface area contributed by atoms with Gasteiger partial charge in [-0.3, -0.25) is 5.32 Å². The summed E-state index contributed by atoms with van der Waals surface area (Å²) in [5, 5.41) is 11.6. The Morgan fingerprint density at radius 1 is 1.11 bits per heavy atom. The van der Waals surface area contributed by atoms with E-state index < -0.39 is 29.6 Å². The van der Waals surface area contributed by atoms with Crippen molar-refractivity contribution >= 4 is 17.5 Å². The molecule has 1 aliphatic rings. The molecule has 3 aromatic rings. The molecule has 1 fully saturated rings. The number of nitrogens with zero attached hydrogens (tertiary/aromatic N) is 2. The summed E-state index contributed by atoms with van der Waals surface area (Å²) in [5.74, 6) is 0.954. The first-order valence-corrected chi connectivity index (χ1v) is 11.0. The number of anilines is 2. The number of para-hydroxylation sites is 1. The maximum absolute atomic E-state index is 13.3. The second-order valence-corrected chi connectivity index (χ2v) is 8.01. The largest absolute Gasteiger partial charge is 0.491 e. The van der Waals surface area contributed by atoms with E-state index in [4.69, 9.17) is 19.5 Å². The molecule has 7 nitrogen and oxygen atoms in total. The maximum atomic E-state index is 13.3. The molecule has 1 aliphatic heterocycles. The van der Waals surface area contributed by atoms with Crippen molar-refractivity contribution in [3.63, 3.8) is 0 Å². The smallest absolute Gasteiger partial charge is 0.417 e. The first-order chi connectivity index (χ1) is 17.2. The Labute approximate surface area is 205 Å². The van der Waals surface area contributed by atoms with Crippen LogP contribution in [0, 0.1) is 11.3 Å². The Bertz CT molecular complexity index is 1240. The number of ether oxygens (including phenoxy) is 3. The number of alkyl halides is 3. The highest BCUT2D eigenvalue weighted by Crippen LogP contribution is 2.36. The summed E-state index contributed by atoms with van der Waals surface area (Å²) in [4.78, 5) is 13.7. The highest BCUT2D eigenvalue weighted by Gasteiger charge is 2.36. The van der Waals surface area contributed by atoms with Crippen LogP contribution in [0.25, 0.3) is 0 Å². The Hall–Kier alpha value is -4.23. The van der Waals surface area contributed by atoms with E-state index in [2.05, 4.69) is 5.32 Å². The average molecular weight is 497 g/mol. The topological polar surface area (TPSA) is 83.8 Å². The van der Waals surface area contributed by atoms with Gasteiger partial charge in [-0.2, -0.15) is 18.4 Å². The molecule has 0 bridgehead atoms. The quantitative estimate of drug-likeness (QED) is 0.462. The van der Waals surface area contributed by atoms with Crippen LogP contribution in [0.3, 0.4) is 0 Å². The van der Waals surface area contributed by atoms with Crippen LogP contribution in [0.4, 0.5) is 29.3 Å². The standard InChI is InChI=1S/C26H22F3N3O4/c1-17-32(20-10-7-18(14-30)24(13-20)26(27,28)29)15-23(35-17)16-34-21-11-8-19(9-12-21)31-25(33)36-22-5-3-2-4-6-22/h2-13,17,23H,15-16H2,1H3,(H,31,33)/t17-,23+/m1/s1. The molecule has 3 aromatic carbocycles. The molecule has 1 N–H and O–H groups in total. The molecule has 0 spiro atoms. The lowest BCUT2D eigenvalue weighted by molar-refractivity contribution is -0.137. The molecule has 0 unspecified atom stereocenters. The Balaban J connectivity index is 1.31. The van der Waals surface area contributed by atoms with E-state index in [-0.39, 0.29) is 12.7 Å². The highest BCUT2D eigenvalue weighted by atomic mass is 19.4. The summed E-state index contributed by atoms with van der Waals surface area (Å²) in [6, 6.07) is 20.5. The summed E-state index contributed by atoms with van der Waals surface area (Å²) in [6.45, 7) is 2.22. The van der Waals surface area contributed by atoms with Gasteiger partial charge >= 0.3 is 12.3 Å². The molecule has 0 aromatic heterocycles. The minimum Gasteiger partial charge on any atom is -0.491 e. The van der Waals surface area contributed by atoms with Gasteiger partial charge in [-0.1, -0.05) is 18.2 Å². The number of carbonyl (C=O) groups excluding carboxylic acids is 1. The van der Waals surface area contributed by atoms with Crippen LogP contribution in [-0.2, 0) is 10.9 Å². The van der Waals surface area contributed by atoms with Gasteiger partial charge in [0.25, 0.3) is 0 Å². The minimum absolute atomic E-state index is 0.173. The van der Waals surface area contributed by atoms with E-state index >= 15 is 0 Å². The summed E-state index contributed by atoms with van der Waals surface area (Å²) < 4.78 is 56.8. The van der Waals surface area contributed by atoms with Crippen molar-refractivity contribution in [3.05, 3.63) is 83.9 Å². The first kappa shape index (κ1) is 24.9. The number of halogens is 3. The lowest BCUT2D eigenvalue weighted by Crippen LogP contribution is -2.28. The number of amides is 1. The van der Waals surface area contributed by atoms with E-state index in [1.165, 1.54) is 12.1 Å². The van der Waals surface area contributed by atoms with Crippen molar-refractivity contribution in [3.8, 4) is 17.6 Å². The second kappa shape index (κ2) is 10.6. The number of hydrogen-bond acceptors (Lipinski definition) is 6. The van der Waals surface area contributed by atoms with Crippen molar-refractivity contribution in [1.82, 2.24) is 0 Å². The fourth-order valence-electron chi connectivity index (χ4n) is 3.78. The van der Waals surface area contributed by atoms with Gasteiger partial charge in [-0.15, -0.1) is 0 Å². The van der Waals surface area contributed by atoms with Crippen molar-refractivity contribution in [2.45, 2.75) is 25.4 Å². The first-order valence-electron chi connectivity index (χ1n) is 11.0. The molecule has 2 atom stereocenters. The summed E-state index contributed by atoms with van der Waals surface area (Å²) >= 11 is 0. The van der Waals surface area contributed by atoms with E-state index in [9.17, 15) is 18.0 Å². The molecule has 1 saturated heterocycles. The molecular formula is C26H22F3N3O4. The monoisotopic (exact) mass is 497 g/mol. The number of benzene rings is 3. The maximum Gasteiger partial charge on any atom is 0.417 e. The van der Waals surface area contributed by atoms with Crippen LogP contribution in [0.1, 0.15) is 18.1 Å². The Morgan fingerprint density at radius 3 is 2.50 bits per heavy atom. The normalized spacial score (nSPS) is 17.4. The van der Waals surface area contributed by atoms with Gasteiger partial charge in [0, 0.05) is 11.4 Å². The number of hydrogen-bond donors (Lipinski definition) is 1. The third-order valence-electron chi connectivity index (χ3n) is 5.48. The summed E-state index contributed by atoms with van der Waals surface area (Å²) in [6.07, 6.45) is -6.12. The molecule has 1 heterocycles. The van der Waals surface area contributed by atoms with Crippen molar-refractivity contribution in [2.24, 2.45) is 0 Å². The average Bonchev–Trinajstić information content (AvgIpc) is 3.23. The lowest BCUT2D eigenvalue weighted by Gasteiger charge is -2.23. The Kier molecular flexibility index (Phi) is 7.31. The van der Waals surface area contributed by atoms with Gasteiger partial charge < -0.3 is 19.1 Å².